The predicted octanol–water partition coefficient (Wildman–Crippen LogP) is 4.96. The van der Waals surface area contributed by atoms with E-state index in [9.17, 15) is 0 Å². The van der Waals surface area contributed by atoms with Crippen LogP contribution in [0.1, 0.15) is 61.8 Å². The van der Waals surface area contributed by atoms with Crippen molar-refractivity contribution in [2.45, 2.75) is 72.8 Å². The van der Waals surface area contributed by atoms with Crippen LogP contribution in [0, 0.1) is 26.7 Å². The summed E-state index contributed by atoms with van der Waals surface area (Å²) in [5.41, 5.74) is 5.83. The fourth-order valence-electron chi connectivity index (χ4n) is 3.54. The first-order chi connectivity index (χ1) is 9.53. The first-order valence-electron chi connectivity index (χ1n) is 8.27. The van der Waals surface area contributed by atoms with Gasteiger partial charge in [0.2, 0.25) is 0 Å². The molecule has 1 heteroatoms. The van der Waals surface area contributed by atoms with Gasteiger partial charge in [-0.2, -0.15) is 0 Å². The molecule has 20 heavy (non-hydrogen) atoms. The highest BCUT2D eigenvalue weighted by atomic mass is 14.9. The third kappa shape index (κ3) is 4.63. The van der Waals surface area contributed by atoms with Gasteiger partial charge in [0.25, 0.3) is 0 Å². The fraction of sp³-hybridized carbons (Fsp3) is 0.684. The maximum atomic E-state index is 3.59. The van der Waals surface area contributed by atoms with Crippen molar-refractivity contribution in [3.63, 3.8) is 0 Å². The van der Waals surface area contributed by atoms with Crippen molar-refractivity contribution in [1.29, 1.82) is 0 Å². The Morgan fingerprint density at radius 1 is 0.950 bits per heavy atom. The Morgan fingerprint density at radius 2 is 1.45 bits per heavy atom. The van der Waals surface area contributed by atoms with Crippen molar-refractivity contribution in [3.8, 4) is 0 Å². The fourth-order valence-corrected chi connectivity index (χ4v) is 3.54. The van der Waals surface area contributed by atoms with Crippen LogP contribution in [0.3, 0.4) is 0 Å². The average Bonchev–Trinajstić information content (AvgIpc) is 2.38. The summed E-state index contributed by atoms with van der Waals surface area (Å²) in [6.07, 6.45) is 6.41. The Bertz CT molecular complexity index is 379. The maximum absolute atomic E-state index is 3.59. The van der Waals surface area contributed by atoms with Gasteiger partial charge in [0.05, 0.1) is 0 Å². The van der Waals surface area contributed by atoms with Gasteiger partial charge < -0.3 is 5.32 Å². The molecule has 114 valence electrons. The van der Waals surface area contributed by atoms with E-state index in [-0.39, 0.29) is 0 Å². The van der Waals surface area contributed by atoms with Crippen molar-refractivity contribution in [2.24, 2.45) is 5.92 Å². The molecule has 0 amide bonds. The Balaban J connectivity index is 2.92. The number of benzene rings is 1. The molecule has 0 radical (unpaired) electrons. The van der Waals surface area contributed by atoms with E-state index in [1.165, 1.54) is 48.8 Å². The second-order valence-corrected chi connectivity index (χ2v) is 6.31. The minimum atomic E-state index is 0.606. The van der Waals surface area contributed by atoms with Crippen molar-refractivity contribution < 1.29 is 0 Å². The van der Waals surface area contributed by atoms with Crippen LogP contribution in [0.25, 0.3) is 0 Å². The van der Waals surface area contributed by atoms with Crippen molar-refractivity contribution in [1.82, 2.24) is 5.32 Å². The van der Waals surface area contributed by atoms with Crippen LogP contribution in [0.15, 0.2) is 12.1 Å². The number of aryl methyl sites for hydroxylation is 3. The van der Waals surface area contributed by atoms with Crippen LogP contribution in [-0.4, -0.2) is 13.1 Å². The lowest BCUT2D eigenvalue weighted by Crippen LogP contribution is -2.36. The summed E-state index contributed by atoms with van der Waals surface area (Å²) < 4.78 is 0. The van der Waals surface area contributed by atoms with E-state index in [0.717, 1.165) is 5.92 Å². The van der Waals surface area contributed by atoms with Gasteiger partial charge in [-0.05, 0) is 69.7 Å². The Hall–Kier alpha value is -0.820. The minimum absolute atomic E-state index is 0.606. The van der Waals surface area contributed by atoms with E-state index in [0.29, 0.717) is 6.04 Å². The van der Waals surface area contributed by atoms with E-state index in [1.54, 1.807) is 5.56 Å². The monoisotopic (exact) mass is 275 g/mol. The first kappa shape index (κ1) is 17.2. The van der Waals surface area contributed by atoms with Crippen molar-refractivity contribution >= 4 is 0 Å². The largest absolute Gasteiger partial charge is 0.316 e. The number of likely N-dealkylation sites (N-methyl/N-ethyl adjacent to an activating group) is 1. The van der Waals surface area contributed by atoms with Crippen LogP contribution in [0.5, 0.6) is 0 Å². The summed E-state index contributed by atoms with van der Waals surface area (Å²) in [6, 6.07) is 5.25. The molecule has 1 atom stereocenters. The summed E-state index contributed by atoms with van der Waals surface area (Å²) in [6.45, 7) is 11.3. The number of rotatable bonds is 8. The van der Waals surface area contributed by atoms with Crippen LogP contribution in [0.4, 0.5) is 0 Å². The van der Waals surface area contributed by atoms with E-state index in [4.69, 9.17) is 0 Å². The molecule has 0 heterocycles. The van der Waals surface area contributed by atoms with E-state index >= 15 is 0 Å². The third-order valence-electron chi connectivity index (χ3n) is 4.52. The molecule has 1 aromatic rings. The standard InChI is InChI=1S/C19H33N/c1-7-9-17(10-8-2)19(20-6)13-18-15(4)11-14(3)12-16(18)5/h11-12,17,19-20H,7-10,13H2,1-6H3. The number of nitrogens with one attached hydrogen (secondary N) is 1. The highest BCUT2D eigenvalue weighted by Crippen LogP contribution is 2.24. The molecule has 0 saturated heterocycles. The van der Waals surface area contributed by atoms with Gasteiger partial charge in [-0.15, -0.1) is 0 Å². The maximum Gasteiger partial charge on any atom is 0.0133 e. The van der Waals surface area contributed by atoms with Crippen LogP contribution >= 0.6 is 0 Å². The van der Waals surface area contributed by atoms with Gasteiger partial charge in [0.1, 0.15) is 0 Å². The molecule has 0 bridgehead atoms. The molecule has 0 aromatic heterocycles. The topological polar surface area (TPSA) is 12.0 Å². The highest BCUT2D eigenvalue weighted by molar-refractivity contribution is 5.38. The van der Waals surface area contributed by atoms with Crippen molar-refractivity contribution in [2.75, 3.05) is 7.05 Å². The SMILES string of the molecule is CCCC(CCC)C(Cc1c(C)cc(C)cc1C)NC. The zero-order valence-corrected chi connectivity index (χ0v) is 14.3. The summed E-state index contributed by atoms with van der Waals surface area (Å²) in [7, 11) is 2.13. The van der Waals surface area contributed by atoms with Gasteiger partial charge in [-0.3, -0.25) is 0 Å². The minimum Gasteiger partial charge on any atom is -0.316 e. The number of hydrogen-bond donors (Lipinski definition) is 1. The summed E-state index contributed by atoms with van der Waals surface area (Å²) in [4.78, 5) is 0. The third-order valence-corrected chi connectivity index (χ3v) is 4.52. The van der Waals surface area contributed by atoms with Crippen LogP contribution in [0.2, 0.25) is 0 Å². The van der Waals surface area contributed by atoms with Gasteiger partial charge in [0, 0.05) is 6.04 Å². The lowest BCUT2D eigenvalue weighted by molar-refractivity contribution is 0.322. The number of hydrogen-bond acceptors (Lipinski definition) is 1. The molecule has 0 spiro atoms. The average molecular weight is 275 g/mol. The zero-order chi connectivity index (χ0) is 15.1. The Labute approximate surface area is 126 Å². The van der Waals surface area contributed by atoms with Crippen LogP contribution < -0.4 is 5.32 Å². The molecule has 0 fully saturated rings. The molecule has 1 nitrogen and oxygen atoms in total. The van der Waals surface area contributed by atoms with Crippen LogP contribution in [-0.2, 0) is 6.42 Å². The normalized spacial score (nSPS) is 12.9. The van der Waals surface area contributed by atoms with Crippen molar-refractivity contribution in [3.05, 3.63) is 34.4 Å². The molecule has 0 saturated carbocycles. The molecular formula is C19H33N. The molecule has 1 N–H and O–H groups in total. The van der Waals surface area contributed by atoms with E-state index < -0.39 is 0 Å². The smallest absolute Gasteiger partial charge is 0.0133 e. The first-order valence-corrected chi connectivity index (χ1v) is 8.27. The molecular weight excluding hydrogens is 242 g/mol. The van der Waals surface area contributed by atoms with Gasteiger partial charge in [0.15, 0.2) is 0 Å². The van der Waals surface area contributed by atoms with E-state index in [1.807, 2.05) is 0 Å². The molecule has 0 aliphatic heterocycles. The molecule has 1 rings (SSSR count). The second-order valence-electron chi connectivity index (χ2n) is 6.31. The molecule has 0 aliphatic carbocycles. The molecule has 1 unspecified atom stereocenters. The Kier molecular flexibility index (Phi) is 7.29. The van der Waals surface area contributed by atoms with Gasteiger partial charge >= 0.3 is 0 Å². The molecule has 1 aromatic carbocycles. The quantitative estimate of drug-likeness (QED) is 0.707. The van der Waals surface area contributed by atoms with Gasteiger partial charge in [-0.1, -0.05) is 44.4 Å². The summed E-state index contributed by atoms with van der Waals surface area (Å²) in [5.74, 6) is 0.801. The lowest BCUT2D eigenvalue weighted by atomic mass is 9.84. The zero-order valence-electron chi connectivity index (χ0n) is 14.3. The summed E-state index contributed by atoms with van der Waals surface area (Å²) >= 11 is 0. The van der Waals surface area contributed by atoms with E-state index in [2.05, 4.69) is 59.1 Å². The summed E-state index contributed by atoms with van der Waals surface area (Å²) in [5, 5.41) is 3.59. The lowest BCUT2D eigenvalue weighted by Gasteiger charge is -2.28. The van der Waals surface area contributed by atoms with Gasteiger partial charge in [-0.25, -0.2) is 0 Å². The second kappa shape index (κ2) is 8.46. The Morgan fingerprint density at radius 3 is 1.85 bits per heavy atom. The molecule has 0 aliphatic rings. The predicted molar refractivity (Wildman–Crippen MR) is 90.5 cm³/mol. The highest BCUT2D eigenvalue weighted by Gasteiger charge is 2.20.